The molecule has 0 heterocycles. The molecule has 0 spiro atoms. The second-order valence-corrected chi connectivity index (χ2v) is 9.68. The van der Waals surface area contributed by atoms with Crippen LogP contribution in [0.1, 0.15) is 71.1 Å². The lowest BCUT2D eigenvalue weighted by molar-refractivity contribution is 0.143. The lowest BCUT2D eigenvalue weighted by Crippen LogP contribution is -2.39. The minimum absolute atomic E-state index is 0.0865. The predicted octanol–water partition coefficient (Wildman–Crippen LogP) is 2.61. The van der Waals surface area contributed by atoms with Gasteiger partial charge in [-0.1, -0.05) is 64.7 Å². The molecule has 0 amide bonds. The molecule has 0 saturated carbocycles. The number of nitrogens with zero attached hydrogens (tertiary/aromatic N) is 2. The van der Waals surface area contributed by atoms with Crippen LogP contribution in [0, 0.1) is 0 Å². The molecule has 0 radical (unpaired) electrons. The molecule has 0 fully saturated rings. The van der Waals surface area contributed by atoms with Gasteiger partial charge in [0.05, 0.1) is 33.0 Å². The summed E-state index contributed by atoms with van der Waals surface area (Å²) in [6, 6.07) is 0. The number of rotatable bonds is 22. The van der Waals surface area contributed by atoms with Crippen molar-refractivity contribution in [1.82, 2.24) is 9.34 Å². The van der Waals surface area contributed by atoms with Crippen molar-refractivity contribution in [2.45, 2.75) is 71.1 Å². The molecule has 0 unspecified atom stereocenters. The SMILES string of the molecule is CCCCCCCCCCCCOP(=O)(N(CCO)CCO)N(CCO)CCO. The van der Waals surface area contributed by atoms with Gasteiger partial charge in [-0.25, -0.2) is 9.34 Å². The van der Waals surface area contributed by atoms with Gasteiger partial charge in [-0.3, -0.25) is 4.57 Å². The summed E-state index contributed by atoms with van der Waals surface area (Å²) in [7, 11) is -3.56. The van der Waals surface area contributed by atoms with Crippen LogP contribution in [0.3, 0.4) is 0 Å². The summed E-state index contributed by atoms with van der Waals surface area (Å²) < 4.78 is 22.3. The first-order valence-electron chi connectivity index (χ1n) is 11.3. The Morgan fingerprint density at radius 3 is 1.31 bits per heavy atom. The summed E-state index contributed by atoms with van der Waals surface area (Å²) in [6.45, 7) is 1.97. The molecule has 0 rings (SSSR count). The van der Waals surface area contributed by atoms with Crippen molar-refractivity contribution in [2.24, 2.45) is 0 Å². The van der Waals surface area contributed by atoms with Gasteiger partial charge in [-0.05, 0) is 6.42 Å². The Morgan fingerprint density at radius 1 is 0.621 bits per heavy atom. The van der Waals surface area contributed by atoms with E-state index >= 15 is 0 Å². The molecule has 0 saturated heterocycles. The fourth-order valence-corrected chi connectivity index (χ4v) is 5.73. The van der Waals surface area contributed by atoms with E-state index in [2.05, 4.69) is 6.92 Å². The molecule has 0 aliphatic carbocycles. The summed E-state index contributed by atoms with van der Waals surface area (Å²) in [5.74, 6) is 0. The van der Waals surface area contributed by atoms with Crippen molar-refractivity contribution < 1.29 is 29.5 Å². The van der Waals surface area contributed by atoms with E-state index in [0.717, 1.165) is 19.3 Å². The van der Waals surface area contributed by atoms with Gasteiger partial charge in [-0.2, -0.15) is 0 Å². The quantitative estimate of drug-likeness (QED) is 0.150. The Balaban J connectivity index is 4.48. The van der Waals surface area contributed by atoms with Gasteiger partial charge in [0.2, 0.25) is 0 Å². The summed E-state index contributed by atoms with van der Waals surface area (Å²) in [6.07, 6.45) is 11.9. The van der Waals surface area contributed by atoms with Crippen LogP contribution in [0.5, 0.6) is 0 Å². The molecular formula is C20H45N2O6P. The molecule has 0 aromatic rings. The van der Waals surface area contributed by atoms with Crippen molar-refractivity contribution in [3.8, 4) is 0 Å². The molecule has 0 aliphatic heterocycles. The number of unbranched alkanes of at least 4 members (excludes halogenated alkanes) is 9. The van der Waals surface area contributed by atoms with Crippen LogP contribution in [0.25, 0.3) is 0 Å². The Morgan fingerprint density at radius 2 is 0.966 bits per heavy atom. The first-order valence-corrected chi connectivity index (χ1v) is 12.8. The van der Waals surface area contributed by atoms with Crippen LogP contribution in [0.15, 0.2) is 0 Å². The first-order chi connectivity index (χ1) is 14.1. The summed E-state index contributed by atoms with van der Waals surface area (Å²) >= 11 is 0. The standard InChI is InChI=1S/C20H45N2O6P/c1-2-3-4-5-6-7-8-9-10-11-20-28-29(27,21(12-16-23)13-17-24)22(14-18-25)15-19-26/h23-26H,2-20H2,1H3. The largest absolute Gasteiger partial charge is 0.395 e. The summed E-state index contributed by atoms with van der Waals surface area (Å²) in [5, 5.41) is 37.2. The number of aliphatic hydroxyl groups excluding tert-OH is 4. The van der Waals surface area contributed by atoms with E-state index in [4.69, 9.17) is 4.52 Å². The Labute approximate surface area is 177 Å². The molecule has 0 atom stereocenters. The molecule has 176 valence electrons. The molecular weight excluding hydrogens is 395 g/mol. The van der Waals surface area contributed by atoms with Crippen molar-refractivity contribution in [2.75, 3.05) is 59.2 Å². The average Bonchev–Trinajstić information content (AvgIpc) is 2.71. The van der Waals surface area contributed by atoms with Gasteiger partial charge in [-0.15, -0.1) is 0 Å². The third kappa shape index (κ3) is 13.1. The minimum atomic E-state index is -3.56. The maximum Gasteiger partial charge on any atom is 0.346 e. The van der Waals surface area contributed by atoms with Crippen LogP contribution in [0.4, 0.5) is 0 Å². The van der Waals surface area contributed by atoms with Gasteiger partial charge >= 0.3 is 7.67 Å². The van der Waals surface area contributed by atoms with E-state index in [0.29, 0.717) is 6.61 Å². The highest BCUT2D eigenvalue weighted by Gasteiger charge is 2.37. The van der Waals surface area contributed by atoms with Gasteiger partial charge in [0.1, 0.15) is 0 Å². The fourth-order valence-electron chi connectivity index (χ4n) is 3.31. The summed E-state index contributed by atoms with van der Waals surface area (Å²) in [4.78, 5) is 0. The predicted molar refractivity (Wildman–Crippen MR) is 117 cm³/mol. The summed E-state index contributed by atoms with van der Waals surface area (Å²) in [5.41, 5.74) is 0. The minimum Gasteiger partial charge on any atom is -0.395 e. The molecule has 0 aliphatic rings. The topological polar surface area (TPSA) is 114 Å². The van der Waals surface area contributed by atoms with Crippen LogP contribution >= 0.6 is 7.67 Å². The Bertz CT molecular complexity index is 371. The van der Waals surface area contributed by atoms with E-state index < -0.39 is 7.67 Å². The lowest BCUT2D eigenvalue weighted by Gasteiger charge is -2.37. The van der Waals surface area contributed by atoms with E-state index in [-0.39, 0.29) is 52.6 Å². The van der Waals surface area contributed by atoms with Crippen LogP contribution in [-0.2, 0) is 9.09 Å². The van der Waals surface area contributed by atoms with Crippen LogP contribution < -0.4 is 0 Å². The van der Waals surface area contributed by atoms with Crippen molar-refractivity contribution in [3.63, 3.8) is 0 Å². The number of aliphatic hydroxyl groups is 4. The van der Waals surface area contributed by atoms with E-state index in [9.17, 15) is 25.0 Å². The first kappa shape index (κ1) is 28.9. The van der Waals surface area contributed by atoms with Crippen molar-refractivity contribution >= 4 is 7.67 Å². The number of hydrogen-bond acceptors (Lipinski definition) is 6. The zero-order valence-electron chi connectivity index (χ0n) is 18.4. The van der Waals surface area contributed by atoms with Crippen LogP contribution in [0.2, 0.25) is 0 Å². The smallest absolute Gasteiger partial charge is 0.346 e. The molecule has 8 nitrogen and oxygen atoms in total. The lowest BCUT2D eigenvalue weighted by atomic mass is 10.1. The molecule has 0 bridgehead atoms. The van der Waals surface area contributed by atoms with E-state index in [1.165, 1.54) is 54.3 Å². The average molecular weight is 441 g/mol. The van der Waals surface area contributed by atoms with Crippen LogP contribution in [-0.4, -0.2) is 89.0 Å². The van der Waals surface area contributed by atoms with E-state index in [1.54, 1.807) is 0 Å². The highest BCUT2D eigenvalue weighted by molar-refractivity contribution is 7.53. The monoisotopic (exact) mass is 440 g/mol. The van der Waals surface area contributed by atoms with Gasteiger partial charge in [0.25, 0.3) is 0 Å². The normalized spacial score (nSPS) is 12.4. The molecule has 4 N–H and O–H groups in total. The molecule has 0 aromatic carbocycles. The Kier molecular flexibility index (Phi) is 19.9. The van der Waals surface area contributed by atoms with Gasteiger partial charge in [0.15, 0.2) is 0 Å². The van der Waals surface area contributed by atoms with Crippen molar-refractivity contribution in [3.05, 3.63) is 0 Å². The highest BCUT2D eigenvalue weighted by atomic mass is 31.2. The third-order valence-electron chi connectivity index (χ3n) is 4.90. The second-order valence-electron chi connectivity index (χ2n) is 7.31. The van der Waals surface area contributed by atoms with E-state index in [1.807, 2.05) is 0 Å². The highest BCUT2D eigenvalue weighted by Crippen LogP contribution is 2.53. The van der Waals surface area contributed by atoms with Gasteiger partial charge < -0.3 is 24.9 Å². The van der Waals surface area contributed by atoms with Crippen molar-refractivity contribution in [1.29, 1.82) is 0 Å². The van der Waals surface area contributed by atoms with Gasteiger partial charge in [0, 0.05) is 26.2 Å². The molecule has 29 heavy (non-hydrogen) atoms. The number of hydrogen-bond donors (Lipinski definition) is 4. The maximum atomic E-state index is 13.6. The molecule has 0 aromatic heterocycles. The third-order valence-corrected chi connectivity index (χ3v) is 7.65. The fraction of sp³-hybridized carbons (Fsp3) is 1.00. The second kappa shape index (κ2) is 19.9. The zero-order chi connectivity index (χ0) is 21.8. The zero-order valence-corrected chi connectivity index (χ0v) is 19.3. The maximum absolute atomic E-state index is 13.6. The Hall–Kier alpha value is -0.0500. The molecule has 9 heteroatoms.